The van der Waals surface area contributed by atoms with E-state index in [1.807, 2.05) is 38.2 Å². The summed E-state index contributed by atoms with van der Waals surface area (Å²) in [7, 11) is 3.69. The van der Waals surface area contributed by atoms with E-state index in [0.29, 0.717) is 17.4 Å². The summed E-state index contributed by atoms with van der Waals surface area (Å²) in [4.78, 5) is 19.3. The van der Waals surface area contributed by atoms with Crippen LogP contribution in [0, 0.1) is 6.92 Å². The Kier molecular flexibility index (Phi) is 6.64. The smallest absolute Gasteiger partial charge is 0.226 e. The van der Waals surface area contributed by atoms with Crippen molar-refractivity contribution < 1.29 is 9.53 Å². The molecule has 8 heteroatoms. The van der Waals surface area contributed by atoms with Crippen LogP contribution in [0.15, 0.2) is 24.3 Å². The summed E-state index contributed by atoms with van der Waals surface area (Å²) in [5.74, 6) is 1.41. The first kappa shape index (κ1) is 20.3. The summed E-state index contributed by atoms with van der Waals surface area (Å²) in [6.45, 7) is 5.82. The van der Waals surface area contributed by atoms with E-state index in [0.717, 1.165) is 47.6 Å². The van der Waals surface area contributed by atoms with Crippen LogP contribution in [-0.2, 0) is 4.79 Å². The standard InChI is InChI=1S/C20H27N5O2S/c1-5-6-10-24(3)11-9-19(26)22-18-12-14(2)23-25(18)20-21-16-8-7-15(27-4)13-17(16)28-20/h7-8,12-13H,5-6,9-11H2,1-4H3,(H,22,26). The molecule has 0 unspecified atom stereocenters. The molecule has 0 radical (unpaired) electrons. The number of hydrogen-bond acceptors (Lipinski definition) is 6. The number of nitrogens with zero attached hydrogens (tertiary/aromatic N) is 4. The second kappa shape index (κ2) is 9.16. The summed E-state index contributed by atoms with van der Waals surface area (Å²) in [6, 6.07) is 7.63. The van der Waals surface area contributed by atoms with Gasteiger partial charge in [0.1, 0.15) is 11.6 Å². The second-order valence-corrected chi connectivity index (χ2v) is 7.88. The van der Waals surface area contributed by atoms with Crippen LogP contribution in [0.25, 0.3) is 15.3 Å². The van der Waals surface area contributed by atoms with Gasteiger partial charge in [-0.25, -0.2) is 4.98 Å². The molecule has 3 rings (SSSR count). The number of unbranched alkanes of at least 4 members (excludes halogenated alkanes) is 1. The van der Waals surface area contributed by atoms with Crippen LogP contribution in [0.4, 0.5) is 5.82 Å². The minimum absolute atomic E-state index is 0.0210. The molecule has 150 valence electrons. The molecule has 28 heavy (non-hydrogen) atoms. The zero-order valence-electron chi connectivity index (χ0n) is 16.9. The van der Waals surface area contributed by atoms with E-state index in [1.54, 1.807) is 11.8 Å². The minimum Gasteiger partial charge on any atom is -0.497 e. The molecule has 0 aliphatic rings. The number of thiazole rings is 1. The Morgan fingerprint density at radius 2 is 2.14 bits per heavy atom. The fraction of sp³-hybridized carbons (Fsp3) is 0.450. The quantitative estimate of drug-likeness (QED) is 0.589. The highest BCUT2D eigenvalue weighted by Crippen LogP contribution is 2.30. The van der Waals surface area contributed by atoms with Crippen molar-refractivity contribution in [1.29, 1.82) is 0 Å². The Hall–Kier alpha value is -2.45. The highest BCUT2D eigenvalue weighted by Gasteiger charge is 2.15. The Balaban J connectivity index is 1.73. The van der Waals surface area contributed by atoms with Crippen LogP contribution in [-0.4, -0.2) is 52.8 Å². The lowest BCUT2D eigenvalue weighted by Crippen LogP contribution is -2.25. The Morgan fingerprint density at radius 3 is 2.89 bits per heavy atom. The number of ether oxygens (including phenoxy) is 1. The minimum atomic E-state index is -0.0210. The van der Waals surface area contributed by atoms with E-state index in [9.17, 15) is 4.79 Å². The number of methoxy groups -OCH3 is 1. The van der Waals surface area contributed by atoms with Crippen LogP contribution in [0.3, 0.4) is 0 Å². The van der Waals surface area contributed by atoms with E-state index in [2.05, 4.69) is 27.2 Å². The zero-order valence-corrected chi connectivity index (χ0v) is 17.7. The van der Waals surface area contributed by atoms with E-state index < -0.39 is 0 Å². The van der Waals surface area contributed by atoms with Crippen LogP contribution < -0.4 is 10.1 Å². The molecule has 0 atom stereocenters. The van der Waals surface area contributed by atoms with Crippen LogP contribution in [0.5, 0.6) is 5.75 Å². The number of rotatable bonds is 9. The molecule has 2 aromatic heterocycles. The molecule has 1 amide bonds. The van der Waals surface area contributed by atoms with Gasteiger partial charge in [-0.1, -0.05) is 24.7 Å². The third-order valence-corrected chi connectivity index (χ3v) is 5.47. The number of hydrogen-bond donors (Lipinski definition) is 1. The summed E-state index contributed by atoms with van der Waals surface area (Å²) in [6.07, 6.45) is 2.75. The molecule has 0 saturated heterocycles. The number of anilines is 1. The van der Waals surface area contributed by atoms with Gasteiger partial charge >= 0.3 is 0 Å². The fourth-order valence-electron chi connectivity index (χ4n) is 2.88. The molecule has 0 spiro atoms. The van der Waals surface area contributed by atoms with Crippen molar-refractivity contribution in [3.8, 4) is 10.9 Å². The maximum atomic E-state index is 12.4. The highest BCUT2D eigenvalue weighted by atomic mass is 32.1. The predicted molar refractivity (Wildman–Crippen MR) is 114 cm³/mol. The molecular weight excluding hydrogens is 374 g/mol. The van der Waals surface area contributed by atoms with Gasteiger partial charge in [-0.05, 0) is 45.1 Å². The average molecular weight is 402 g/mol. The topological polar surface area (TPSA) is 72.3 Å². The molecule has 0 fully saturated rings. The lowest BCUT2D eigenvalue weighted by atomic mass is 10.3. The number of amides is 1. The van der Waals surface area contributed by atoms with Gasteiger partial charge in [0, 0.05) is 19.0 Å². The lowest BCUT2D eigenvalue weighted by Gasteiger charge is -2.15. The number of carbonyl (C=O) groups excluding carboxylic acids is 1. The number of aryl methyl sites for hydroxylation is 1. The van der Waals surface area contributed by atoms with Gasteiger partial charge in [-0.15, -0.1) is 0 Å². The molecule has 0 aliphatic carbocycles. The molecule has 7 nitrogen and oxygen atoms in total. The molecule has 1 N–H and O–H groups in total. The SMILES string of the molecule is CCCCN(C)CCC(=O)Nc1cc(C)nn1-c1nc2ccc(OC)cc2s1. The summed E-state index contributed by atoms with van der Waals surface area (Å²) >= 11 is 1.51. The van der Waals surface area contributed by atoms with Crippen molar-refractivity contribution in [2.75, 3.05) is 32.6 Å². The van der Waals surface area contributed by atoms with Gasteiger partial charge in [-0.3, -0.25) is 4.79 Å². The van der Waals surface area contributed by atoms with E-state index in [1.165, 1.54) is 11.3 Å². The molecule has 3 aromatic rings. The van der Waals surface area contributed by atoms with Crippen molar-refractivity contribution in [2.24, 2.45) is 0 Å². The highest BCUT2D eigenvalue weighted by molar-refractivity contribution is 7.20. The number of carbonyl (C=O) groups is 1. The van der Waals surface area contributed by atoms with Crippen molar-refractivity contribution in [2.45, 2.75) is 33.1 Å². The molecule has 0 saturated carbocycles. The van der Waals surface area contributed by atoms with Gasteiger partial charge in [0.15, 0.2) is 0 Å². The molecule has 0 aliphatic heterocycles. The van der Waals surface area contributed by atoms with Crippen molar-refractivity contribution in [3.05, 3.63) is 30.0 Å². The van der Waals surface area contributed by atoms with Gasteiger partial charge < -0.3 is 15.0 Å². The van der Waals surface area contributed by atoms with Gasteiger partial charge in [0.2, 0.25) is 11.0 Å². The Morgan fingerprint density at radius 1 is 1.32 bits per heavy atom. The average Bonchev–Trinajstić information content (AvgIpc) is 3.26. The molecular formula is C20H27N5O2S. The maximum Gasteiger partial charge on any atom is 0.226 e. The first-order valence-electron chi connectivity index (χ1n) is 9.50. The monoisotopic (exact) mass is 401 g/mol. The largest absolute Gasteiger partial charge is 0.497 e. The summed E-state index contributed by atoms with van der Waals surface area (Å²) in [5, 5.41) is 8.22. The van der Waals surface area contributed by atoms with E-state index in [-0.39, 0.29) is 5.91 Å². The number of nitrogens with one attached hydrogen (secondary N) is 1. The maximum absolute atomic E-state index is 12.4. The fourth-order valence-corrected chi connectivity index (χ4v) is 3.84. The summed E-state index contributed by atoms with van der Waals surface area (Å²) < 4.78 is 7.99. The van der Waals surface area contributed by atoms with Crippen LogP contribution >= 0.6 is 11.3 Å². The predicted octanol–water partition coefficient (Wildman–Crippen LogP) is 3.86. The first-order valence-corrected chi connectivity index (χ1v) is 10.3. The third-order valence-electron chi connectivity index (χ3n) is 4.48. The number of fused-ring (bicyclic) bond motifs is 1. The van der Waals surface area contributed by atoms with Gasteiger partial charge in [0.05, 0.1) is 23.0 Å². The van der Waals surface area contributed by atoms with Crippen LogP contribution in [0.2, 0.25) is 0 Å². The third kappa shape index (κ3) is 4.88. The van der Waals surface area contributed by atoms with Gasteiger partial charge in [-0.2, -0.15) is 9.78 Å². The second-order valence-electron chi connectivity index (χ2n) is 6.87. The molecule has 0 bridgehead atoms. The number of aromatic nitrogens is 3. The molecule has 1 aromatic carbocycles. The van der Waals surface area contributed by atoms with Crippen molar-refractivity contribution in [1.82, 2.24) is 19.7 Å². The Bertz CT molecular complexity index is 949. The van der Waals surface area contributed by atoms with Gasteiger partial charge in [0.25, 0.3) is 0 Å². The normalized spacial score (nSPS) is 11.3. The first-order chi connectivity index (χ1) is 13.5. The van der Waals surface area contributed by atoms with Crippen molar-refractivity contribution in [3.63, 3.8) is 0 Å². The number of benzene rings is 1. The Labute approximate surface area is 169 Å². The molecule has 2 heterocycles. The van der Waals surface area contributed by atoms with Crippen molar-refractivity contribution >= 4 is 33.3 Å². The van der Waals surface area contributed by atoms with E-state index >= 15 is 0 Å². The summed E-state index contributed by atoms with van der Waals surface area (Å²) in [5.41, 5.74) is 1.70. The lowest BCUT2D eigenvalue weighted by molar-refractivity contribution is -0.116. The zero-order chi connectivity index (χ0) is 20.1. The van der Waals surface area contributed by atoms with Crippen LogP contribution in [0.1, 0.15) is 31.9 Å². The van der Waals surface area contributed by atoms with E-state index in [4.69, 9.17) is 4.74 Å².